The Morgan fingerprint density at radius 1 is 1.40 bits per heavy atom. The summed E-state index contributed by atoms with van der Waals surface area (Å²) in [5.41, 5.74) is 6.90. The second-order valence-electron chi connectivity index (χ2n) is 6.07. The summed E-state index contributed by atoms with van der Waals surface area (Å²) < 4.78 is 24.3. The van der Waals surface area contributed by atoms with Gasteiger partial charge in [-0.25, -0.2) is 13.4 Å². The summed E-state index contributed by atoms with van der Waals surface area (Å²) in [6.07, 6.45) is -0.126. The number of pyridine rings is 1. The Bertz CT molecular complexity index is 908. The maximum Gasteiger partial charge on any atom is 0.272 e. The molecular weight excluding hydrogens is 346 g/mol. The molecule has 134 valence electrons. The molecule has 0 radical (unpaired) electrons. The van der Waals surface area contributed by atoms with Gasteiger partial charge in [-0.1, -0.05) is 6.07 Å². The first kappa shape index (κ1) is 17.4. The molecule has 0 aliphatic carbocycles. The van der Waals surface area contributed by atoms with Crippen molar-refractivity contribution >= 4 is 21.6 Å². The zero-order valence-corrected chi connectivity index (χ0v) is 14.5. The highest BCUT2D eigenvalue weighted by Crippen LogP contribution is 2.20. The van der Waals surface area contributed by atoms with Gasteiger partial charge >= 0.3 is 0 Å². The first-order valence-electron chi connectivity index (χ1n) is 7.67. The summed E-state index contributed by atoms with van der Waals surface area (Å²) in [4.78, 5) is 18.2. The molecule has 0 saturated heterocycles. The average molecular weight is 365 g/mol. The Hall–Kier alpha value is -2.46. The number of rotatable bonds is 4. The number of carbonyl (C=O) groups is 1. The van der Waals surface area contributed by atoms with Gasteiger partial charge in [-0.3, -0.25) is 9.48 Å². The molecule has 10 heteroatoms. The number of anilines is 1. The van der Waals surface area contributed by atoms with Crippen LogP contribution in [0.5, 0.6) is 0 Å². The van der Waals surface area contributed by atoms with E-state index < -0.39 is 15.9 Å². The molecule has 2 aromatic rings. The van der Waals surface area contributed by atoms with Gasteiger partial charge in [-0.2, -0.15) is 5.10 Å². The van der Waals surface area contributed by atoms with Crippen molar-refractivity contribution in [1.29, 1.82) is 0 Å². The molecule has 3 heterocycles. The SMILES string of the molecule is CS(=O)(=O)C[C@H](O)c1cc2n(n1)CCN(C(=O)c1cccc(N)n1)C2. The molecule has 0 spiro atoms. The number of nitrogens with two attached hydrogens (primary N) is 1. The van der Waals surface area contributed by atoms with E-state index in [2.05, 4.69) is 10.1 Å². The van der Waals surface area contributed by atoms with Gasteiger partial charge in [0.1, 0.15) is 27.5 Å². The molecule has 3 N–H and O–H groups in total. The number of amides is 1. The van der Waals surface area contributed by atoms with Crippen molar-refractivity contribution < 1.29 is 18.3 Å². The van der Waals surface area contributed by atoms with Crippen molar-refractivity contribution in [2.24, 2.45) is 0 Å². The molecule has 0 saturated carbocycles. The van der Waals surface area contributed by atoms with Crippen molar-refractivity contribution in [2.75, 3.05) is 24.3 Å². The lowest BCUT2D eigenvalue weighted by Gasteiger charge is -2.27. The third-order valence-electron chi connectivity index (χ3n) is 3.90. The predicted octanol–water partition coefficient (Wildman–Crippen LogP) is -0.406. The fourth-order valence-electron chi connectivity index (χ4n) is 2.73. The molecule has 0 fully saturated rings. The van der Waals surface area contributed by atoms with Gasteiger partial charge in [0.2, 0.25) is 0 Å². The summed E-state index contributed by atoms with van der Waals surface area (Å²) in [5.74, 6) is -0.351. The van der Waals surface area contributed by atoms with Crippen LogP contribution in [0.25, 0.3) is 0 Å². The molecule has 1 amide bonds. The summed E-state index contributed by atoms with van der Waals surface area (Å²) in [5, 5.41) is 14.3. The lowest BCUT2D eigenvalue weighted by molar-refractivity contribution is 0.0700. The molecule has 1 aliphatic heterocycles. The van der Waals surface area contributed by atoms with E-state index >= 15 is 0 Å². The number of hydrogen-bond donors (Lipinski definition) is 2. The highest BCUT2D eigenvalue weighted by molar-refractivity contribution is 7.90. The standard InChI is InChI=1S/C15H19N5O4S/c1-25(23,24)9-13(21)12-7-10-8-19(5-6-20(10)18-12)15(22)11-3-2-4-14(16)17-11/h2-4,7,13,21H,5-6,8-9H2,1H3,(H2,16,17)/t13-/m0/s1. The molecule has 2 aromatic heterocycles. The van der Waals surface area contributed by atoms with E-state index in [0.717, 1.165) is 11.9 Å². The van der Waals surface area contributed by atoms with Crippen LogP contribution in [0.1, 0.15) is 28.0 Å². The number of nitrogens with zero attached hydrogens (tertiary/aromatic N) is 4. The minimum absolute atomic E-state index is 0.238. The van der Waals surface area contributed by atoms with Crippen LogP contribution < -0.4 is 5.73 Å². The number of nitrogen functional groups attached to an aromatic ring is 1. The van der Waals surface area contributed by atoms with E-state index in [-0.39, 0.29) is 28.9 Å². The van der Waals surface area contributed by atoms with Crippen molar-refractivity contribution in [2.45, 2.75) is 19.2 Å². The Morgan fingerprint density at radius 3 is 2.84 bits per heavy atom. The second kappa shape index (κ2) is 6.45. The minimum atomic E-state index is -3.32. The van der Waals surface area contributed by atoms with Crippen LogP contribution in [0.3, 0.4) is 0 Å². The molecule has 9 nitrogen and oxygen atoms in total. The lowest BCUT2D eigenvalue weighted by atomic mass is 10.2. The van der Waals surface area contributed by atoms with Crippen molar-refractivity contribution in [3.8, 4) is 0 Å². The van der Waals surface area contributed by atoms with Crippen LogP contribution in [0, 0.1) is 0 Å². The van der Waals surface area contributed by atoms with Crippen molar-refractivity contribution in [3.05, 3.63) is 41.3 Å². The van der Waals surface area contributed by atoms with Crippen molar-refractivity contribution in [3.63, 3.8) is 0 Å². The average Bonchev–Trinajstić information content (AvgIpc) is 2.96. The van der Waals surface area contributed by atoms with Gasteiger partial charge in [-0.15, -0.1) is 0 Å². The number of hydrogen-bond acceptors (Lipinski definition) is 7. The van der Waals surface area contributed by atoms with Crippen LogP contribution >= 0.6 is 0 Å². The Kier molecular flexibility index (Phi) is 4.48. The van der Waals surface area contributed by atoms with Gasteiger partial charge in [0.05, 0.1) is 30.2 Å². The largest absolute Gasteiger partial charge is 0.386 e. The van der Waals surface area contributed by atoms with Crippen molar-refractivity contribution in [1.82, 2.24) is 19.7 Å². The second-order valence-corrected chi connectivity index (χ2v) is 8.25. The summed E-state index contributed by atoms with van der Waals surface area (Å²) in [6, 6.07) is 6.51. The van der Waals surface area contributed by atoms with Gasteiger partial charge < -0.3 is 15.7 Å². The third kappa shape index (κ3) is 3.97. The van der Waals surface area contributed by atoms with E-state index in [4.69, 9.17) is 5.73 Å². The maximum atomic E-state index is 12.5. The topological polar surface area (TPSA) is 131 Å². The van der Waals surface area contributed by atoms with Gasteiger partial charge in [0.15, 0.2) is 0 Å². The number of sulfone groups is 1. The molecule has 1 atom stereocenters. The van der Waals surface area contributed by atoms with E-state index in [1.807, 2.05) is 0 Å². The first-order chi connectivity index (χ1) is 11.7. The smallest absolute Gasteiger partial charge is 0.272 e. The number of aliphatic hydroxyl groups is 1. The summed E-state index contributed by atoms with van der Waals surface area (Å²) in [7, 11) is -3.32. The highest BCUT2D eigenvalue weighted by atomic mass is 32.2. The van der Waals surface area contributed by atoms with Crippen LogP contribution in [0.4, 0.5) is 5.82 Å². The lowest BCUT2D eigenvalue weighted by Crippen LogP contribution is -2.38. The third-order valence-corrected chi connectivity index (χ3v) is 4.82. The van der Waals surface area contributed by atoms with E-state index in [0.29, 0.717) is 19.6 Å². The molecule has 0 bridgehead atoms. The summed E-state index contributed by atoms with van der Waals surface area (Å²) in [6.45, 7) is 1.19. The maximum absolute atomic E-state index is 12.5. The monoisotopic (exact) mass is 365 g/mol. The molecule has 3 rings (SSSR count). The van der Waals surface area contributed by atoms with E-state index in [1.165, 1.54) is 0 Å². The molecular formula is C15H19N5O4S. The summed E-state index contributed by atoms with van der Waals surface area (Å²) >= 11 is 0. The molecule has 0 unspecified atom stereocenters. The first-order valence-corrected chi connectivity index (χ1v) is 9.73. The normalized spacial score (nSPS) is 15.7. The Morgan fingerprint density at radius 2 is 2.16 bits per heavy atom. The quantitative estimate of drug-likeness (QED) is 0.753. The molecule has 25 heavy (non-hydrogen) atoms. The van der Waals surface area contributed by atoms with Gasteiger partial charge in [-0.05, 0) is 18.2 Å². The molecule has 1 aliphatic rings. The zero-order valence-electron chi connectivity index (χ0n) is 13.7. The number of aliphatic hydroxyl groups excluding tert-OH is 1. The fourth-order valence-corrected chi connectivity index (χ4v) is 3.47. The Balaban J connectivity index is 1.76. The zero-order chi connectivity index (χ0) is 18.2. The number of carbonyl (C=O) groups excluding carboxylic acids is 1. The van der Waals surface area contributed by atoms with Gasteiger partial charge in [0, 0.05) is 12.8 Å². The van der Waals surface area contributed by atoms with Gasteiger partial charge in [0.25, 0.3) is 5.91 Å². The van der Waals surface area contributed by atoms with E-state index in [1.54, 1.807) is 33.8 Å². The molecule has 0 aromatic carbocycles. The fraction of sp³-hybridized carbons (Fsp3) is 0.400. The highest BCUT2D eigenvalue weighted by Gasteiger charge is 2.26. The van der Waals surface area contributed by atoms with Crippen LogP contribution in [0.2, 0.25) is 0 Å². The van der Waals surface area contributed by atoms with E-state index in [9.17, 15) is 18.3 Å². The van der Waals surface area contributed by atoms with Crippen LogP contribution in [0.15, 0.2) is 24.3 Å². The predicted molar refractivity (Wildman–Crippen MR) is 90.3 cm³/mol. The van der Waals surface area contributed by atoms with Crippen LogP contribution in [-0.2, 0) is 22.9 Å². The number of aromatic nitrogens is 3. The Labute approximate surface area is 145 Å². The van der Waals surface area contributed by atoms with Crippen LogP contribution in [-0.4, -0.2) is 57.6 Å². The minimum Gasteiger partial charge on any atom is -0.386 e. The number of fused-ring (bicyclic) bond motifs is 1.